The van der Waals surface area contributed by atoms with Crippen LogP contribution in [-0.2, 0) is 6.42 Å². The SMILES string of the molecule is CCC(CCO)CNC(=O)c1csc(Cc2cccc(F)c2)n1. The van der Waals surface area contributed by atoms with Gasteiger partial charge in [-0.05, 0) is 30.0 Å². The zero-order chi connectivity index (χ0) is 16.7. The van der Waals surface area contributed by atoms with Gasteiger partial charge in [0.05, 0.1) is 5.01 Å². The van der Waals surface area contributed by atoms with Crippen LogP contribution in [0, 0.1) is 11.7 Å². The molecule has 0 bridgehead atoms. The van der Waals surface area contributed by atoms with Crippen molar-refractivity contribution in [2.45, 2.75) is 26.2 Å². The summed E-state index contributed by atoms with van der Waals surface area (Å²) < 4.78 is 13.2. The molecule has 4 nitrogen and oxygen atoms in total. The lowest BCUT2D eigenvalue weighted by atomic mass is 10.0. The number of amides is 1. The van der Waals surface area contributed by atoms with Gasteiger partial charge in [0.1, 0.15) is 11.5 Å². The molecule has 1 aromatic carbocycles. The molecule has 2 N–H and O–H groups in total. The number of aromatic nitrogens is 1. The molecule has 23 heavy (non-hydrogen) atoms. The maximum absolute atomic E-state index is 13.2. The third kappa shape index (κ3) is 5.41. The van der Waals surface area contributed by atoms with Gasteiger partial charge >= 0.3 is 0 Å². The van der Waals surface area contributed by atoms with Crippen LogP contribution in [0.1, 0.15) is 40.8 Å². The molecule has 2 aromatic rings. The summed E-state index contributed by atoms with van der Waals surface area (Å²) in [4.78, 5) is 16.4. The Hall–Kier alpha value is -1.79. The first-order valence-electron chi connectivity index (χ1n) is 7.70. The van der Waals surface area contributed by atoms with E-state index in [4.69, 9.17) is 5.11 Å². The number of thiazole rings is 1. The molecule has 1 heterocycles. The fraction of sp³-hybridized carbons (Fsp3) is 0.412. The summed E-state index contributed by atoms with van der Waals surface area (Å²) in [6.07, 6.45) is 2.10. The van der Waals surface area contributed by atoms with Gasteiger partial charge in [-0.3, -0.25) is 4.79 Å². The van der Waals surface area contributed by atoms with Gasteiger partial charge in [0.25, 0.3) is 5.91 Å². The van der Waals surface area contributed by atoms with E-state index in [9.17, 15) is 9.18 Å². The molecule has 1 unspecified atom stereocenters. The van der Waals surface area contributed by atoms with Crippen LogP contribution in [0.3, 0.4) is 0 Å². The smallest absolute Gasteiger partial charge is 0.270 e. The van der Waals surface area contributed by atoms with Gasteiger partial charge in [-0.2, -0.15) is 0 Å². The van der Waals surface area contributed by atoms with Gasteiger partial charge in [-0.25, -0.2) is 9.37 Å². The number of carbonyl (C=O) groups excluding carboxylic acids is 1. The first-order chi connectivity index (χ1) is 11.1. The van der Waals surface area contributed by atoms with Crippen molar-refractivity contribution in [2.75, 3.05) is 13.2 Å². The average Bonchev–Trinajstić information content (AvgIpc) is 2.99. The molecule has 0 saturated heterocycles. The molecule has 0 aliphatic carbocycles. The van der Waals surface area contributed by atoms with Gasteiger partial charge in [0, 0.05) is 25.0 Å². The van der Waals surface area contributed by atoms with Crippen molar-refractivity contribution in [2.24, 2.45) is 5.92 Å². The molecule has 0 radical (unpaired) electrons. The monoisotopic (exact) mass is 336 g/mol. The maximum Gasteiger partial charge on any atom is 0.270 e. The summed E-state index contributed by atoms with van der Waals surface area (Å²) in [5.41, 5.74) is 1.22. The molecule has 0 saturated carbocycles. The molecule has 124 valence electrons. The number of carbonyl (C=O) groups is 1. The molecule has 1 aromatic heterocycles. The number of hydrogen-bond donors (Lipinski definition) is 2. The second kappa shape index (κ2) is 8.74. The largest absolute Gasteiger partial charge is 0.396 e. The van der Waals surface area contributed by atoms with Gasteiger partial charge < -0.3 is 10.4 Å². The van der Waals surface area contributed by atoms with Crippen LogP contribution in [0.4, 0.5) is 4.39 Å². The Morgan fingerprint density at radius 2 is 2.30 bits per heavy atom. The minimum absolute atomic E-state index is 0.128. The molecular weight excluding hydrogens is 315 g/mol. The van der Waals surface area contributed by atoms with E-state index < -0.39 is 0 Å². The van der Waals surface area contributed by atoms with E-state index in [0.29, 0.717) is 25.1 Å². The molecular formula is C17H21FN2O2S. The minimum atomic E-state index is -0.272. The molecule has 2 rings (SSSR count). The van der Waals surface area contributed by atoms with Crippen molar-refractivity contribution in [3.8, 4) is 0 Å². The summed E-state index contributed by atoms with van der Waals surface area (Å²) in [5.74, 6) is -0.205. The zero-order valence-corrected chi connectivity index (χ0v) is 13.9. The van der Waals surface area contributed by atoms with Gasteiger partial charge in [-0.1, -0.05) is 25.5 Å². The van der Waals surface area contributed by atoms with Gasteiger partial charge in [0.2, 0.25) is 0 Å². The van der Waals surface area contributed by atoms with Crippen molar-refractivity contribution in [1.82, 2.24) is 10.3 Å². The summed E-state index contributed by atoms with van der Waals surface area (Å²) >= 11 is 1.39. The standard InChI is InChI=1S/C17H21FN2O2S/c1-2-12(6-7-21)10-19-17(22)15-11-23-16(20-15)9-13-4-3-5-14(18)8-13/h3-5,8,11-12,21H,2,6-7,9-10H2,1H3,(H,19,22). The lowest BCUT2D eigenvalue weighted by molar-refractivity contribution is 0.0939. The number of halogens is 1. The molecule has 0 fully saturated rings. The van der Waals surface area contributed by atoms with Crippen LogP contribution in [0.5, 0.6) is 0 Å². The quantitative estimate of drug-likeness (QED) is 0.779. The molecule has 1 atom stereocenters. The van der Waals surface area contributed by atoms with Crippen molar-refractivity contribution in [3.63, 3.8) is 0 Å². The molecule has 0 aliphatic rings. The summed E-state index contributed by atoms with van der Waals surface area (Å²) in [7, 11) is 0. The summed E-state index contributed by atoms with van der Waals surface area (Å²) in [6, 6.07) is 6.38. The predicted molar refractivity (Wildman–Crippen MR) is 89.1 cm³/mol. The Kier molecular flexibility index (Phi) is 6.67. The number of aliphatic hydroxyl groups is 1. The first kappa shape index (κ1) is 17.6. The highest BCUT2D eigenvalue weighted by Gasteiger charge is 2.13. The van der Waals surface area contributed by atoms with Crippen molar-refractivity contribution < 1.29 is 14.3 Å². The number of hydrogen-bond acceptors (Lipinski definition) is 4. The van der Waals surface area contributed by atoms with Crippen LogP contribution >= 0.6 is 11.3 Å². The van der Waals surface area contributed by atoms with Gasteiger partial charge in [-0.15, -0.1) is 11.3 Å². The highest BCUT2D eigenvalue weighted by Crippen LogP contribution is 2.16. The Morgan fingerprint density at radius 1 is 1.48 bits per heavy atom. The topological polar surface area (TPSA) is 62.2 Å². The van der Waals surface area contributed by atoms with Crippen LogP contribution in [0.25, 0.3) is 0 Å². The number of rotatable bonds is 8. The van der Waals surface area contributed by atoms with E-state index >= 15 is 0 Å². The molecule has 6 heteroatoms. The van der Waals surface area contributed by atoms with Crippen LogP contribution in [-0.4, -0.2) is 29.1 Å². The Balaban J connectivity index is 1.92. The Labute approximate surface area is 139 Å². The minimum Gasteiger partial charge on any atom is -0.396 e. The number of aliphatic hydroxyl groups excluding tert-OH is 1. The van der Waals surface area contributed by atoms with Crippen LogP contribution in [0.2, 0.25) is 0 Å². The van der Waals surface area contributed by atoms with E-state index in [-0.39, 0.29) is 24.2 Å². The van der Waals surface area contributed by atoms with Crippen molar-refractivity contribution in [1.29, 1.82) is 0 Å². The number of nitrogens with zero attached hydrogens (tertiary/aromatic N) is 1. The van der Waals surface area contributed by atoms with Crippen molar-refractivity contribution in [3.05, 3.63) is 51.7 Å². The fourth-order valence-electron chi connectivity index (χ4n) is 2.28. The molecule has 0 aliphatic heterocycles. The van der Waals surface area contributed by atoms with E-state index in [0.717, 1.165) is 17.0 Å². The second-order valence-electron chi connectivity index (χ2n) is 5.43. The highest BCUT2D eigenvalue weighted by atomic mass is 32.1. The molecule has 1 amide bonds. The highest BCUT2D eigenvalue weighted by molar-refractivity contribution is 7.09. The Morgan fingerprint density at radius 3 is 3.00 bits per heavy atom. The second-order valence-corrected chi connectivity index (χ2v) is 6.37. The third-order valence-corrected chi connectivity index (χ3v) is 4.54. The van der Waals surface area contributed by atoms with Gasteiger partial charge in [0.15, 0.2) is 0 Å². The normalized spacial score (nSPS) is 12.1. The van der Waals surface area contributed by atoms with E-state index in [1.807, 2.05) is 13.0 Å². The first-order valence-corrected chi connectivity index (χ1v) is 8.58. The average molecular weight is 336 g/mol. The van der Waals surface area contributed by atoms with E-state index in [2.05, 4.69) is 10.3 Å². The van der Waals surface area contributed by atoms with E-state index in [1.165, 1.54) is 23.5 Å². The fourth-order valence-corrected chi connectivity index (χ4v) is 3.09. The lowest BCUT2D eigenvalue weighted by Gasteiger charge is -2.13. The van der Waals surface area contributed by atoms with Crippen LogP contribution < -0.4 is 5.32 Å². The third-order valence-electron chi connectivity index (χ3n) is 3.69. The number of nitrogens with one attached hydrogen (secondary N) is 1. The lowest BCUT2D eigenvalue weighted by Crippen LogP contribution is -2.29. The number of benzene rings is 1. The maximum atomic E-state index is 13.2. The Bertz CT molecular complexity index is 645. The zero-order valence-electron chi connectivity index (χ0n) is 13.1. The van der Waals surface area contributed by atoms with E-state index in [1.54, 1.807) is 11.4 Å². The van der Waals surface area contributed by atoms with Crippen LogP contribution in [0.15, 0.2) is 29.6 Å². The summed E-state index contributed by atoms with van der Waals surface area (Å²) in [5, 5.41) is 14.3. The summed E-state index contributed by atoms with van der Waals surface area (Å²) in [6.45, 7) is 2.70. The molecule has 0 spiro atoms. The van der Waals surface area contributed by atoms with Crippen molar-refractivity contribution >= 4 is 17.2 Å². The predicted octanol–water partition coefficient (Wildman–Crippen LogP) is 3.01.